The van der Waals surface area contributed by atoms with Crippen LogP contribution in [0.4, 0.5) is 4.39 Å². The summed E-state index contributed by atoms with van der Waals surface area (Å²) in [5.74, 6) is -0.979. The van der Waals surface area contributed by atoms with Crippen LogP contribution in [0.15, 0.2) is 64.2 Å². The number of hydrogen-bond donors (Lipinski definition) is 1. The molecule has 2 aliphatic heterocycles. The summed E-state index contributed by atoms with van der Waals surface area (Å²) < 4.78 is 18.5. The van der Waals surface area contributed by atoms with Crippen LogP contribution in [-0.2, 0) is 4.79 Å². The van der Waals surface area contributed by atoms with Crippen molar-refractivity contribution in [2.75, 3.05) is 0 Å². The van der Waals surface area contributed by atoms with Crippen molar-refractivity contribution in [3.8, 4) is 5.75 Å². The van der Waals surface area contributed by atoms with Gasteiger partial charge in [0.15, 0.2) is 5.84 Å². The monoisotopic (exact) mass is 476 g/mol. The molecule has 1 N–H and O–H groups in total. The Labute approximate surface area is 199 Å². The number of hydrazone groups is 1. The second kappa shape index (κ2) is 9.34. The second-order valence-electron chi connectivity index (χ2n) is 8.26. The Bertz CT molecular complexity index is 1260. The van der Waals surface area contributed by atoms with Crippen molar-refractivity contribution in [3.05, 3.63) is 71.0 Å². The normalized spacial score (nSPS) is 19.7. The predicted molar refractivity (Wildman–Crippen MR) is 129 cm³/mol. The minimum atomic E-state index is -0.626. The minimum absolute atomic E-state index is 0.0259. The lowest BCUT2D eigenvalue weighted by Gasteiger charge is -2.20. The SMILES string of the molecule is N=C1C(=Cc2cccc(OC(=O)c3ccc(F)cc3)c2)C(=O)N=C2SC(C3CCCCC3)=NN12. The molecule has 0 radical (unpaired) electrons. The number of fused-ring (bicyclic) bond motifs is 1. The lowest BCUT2D eigenvalue weighted by atomic mass is 9.90. The highest BCUT2D eigenvalue weighted by atomic mass is 32.2. The van der Waals surface area contributed by atoms with E-state index in [0.717, 1.165) is 17.9 Å². The van der Waals surface area contributed by atoms with Gasteiger partial charge < -0.3 is 4.74 Å². The molecular formula is C25H21FN4O3S. The summed E-state index contributed by atoms with van der Waals surface area (Å²) in [6.45, 7) is 0. The number of benzene rings is 2. The van der Waals surface area contributed by atoms with Gasteiger partial charge in [0.1, 0.15) is 16.6 Å². The maximum Gasteiger partial charge on any atom is 0.343 e. The van der Waals surface area contributed by atoms with E-state index in [1.54, 1.807) is 30.3 Å². The van der Waals surface area contributed by atoms with Crippen molar-refractivity contribution in [3.63, 3.8) is 0 Å². The highest BCUT2D eigenvalue weighted by molar-refractivity contribution is 8.27. The van der Waals surface area contributed by atoms with Gasteiger partial charge in [0, 0.05) is 5.92 Å². The molecule has 1 amide bonds. The van der Waals surface area contributed by atoms with Crippen molar-refractivity contribution in [2.45, 2.75) is 32.1 Å². The van der Waals surface area contributed by atoms with E-state index < -0.39 is 17.7 Å². The molecule has 9 heteroatoms. The first kappa shape index (κ1) is 22.2. The van der Waals surface area contributed by atoms with Crippen molar-refractivity contribution in [2.24, 2.45) is 16.0 Å². The third-order valence-electron chi connectivity index (χ3n) is 5.88. The van der Waals surface area contributed by atoms with E-state index in [1.807, 2.05) is 0 Å². The molecule has 0 bridgehead atoms. The molecule has 172 valence electrons. The summed E-state index contributed by atoms with van der Waals surface area (Å²) >= 11 is 1.38. The number of halogens is 1. The summed E-state index contributed by atoms with van der Waals surface area (Å²) in [5, 5.41) is 16.0. The van der Waals surface area contributed by atoms with Crippen molar-refractivity contribution < 1.29 is 18.7 Å². The zero-order valence-corrected chi connectivity index (χ0v) is 19.0. The maximum absolute atomic E-state index is 13.1. The molecule has 0 aromatic heterocycles. The van der Waals surface area contributed by atoms with Crippen LogP contribution in [0.2, 0.25) is 0 Å². The van der Waals surface area contributed by atoms with Gasteiger partial charge in [-0.15, -0.1) is 0 Å². The fourth-order valence-electron chi connectivity index (χ4n) is 4.11. The smallest absolute Gasteiger partial charge is 0.343 e. The van der Waals surface area contributed by atoms with Gasteiger partial charge in [-0.1, -0.05) is 31.4 Å². The Morgan fingerprint density at radius 1 is 1.15 bits per heavy atom. The Balaban J connectivity index is 1.35. The number of rotatable bonds is 4. The third kappa shape index (κ3) is 4.56. The molecular weight excluding hydrogens is 455 g/mol. The number of esters is 1. The highest BCUT2D eigenvalue weighted by Crippen LogP contribution is 2.36. The number of nitrogens with zero attached hydrogens (tertiary/aromatic N) is 3. The average molecular weight is 477 g/mol. The minimum Gasteiger partial charge on any atom is -0.423 e. The first-order valence-electron chi connectivity index (χ1n) is 11.1. The molecule has 7 nitrogen and oxygen atoms in total. The number of carbonyl (C=O) groups is 2. The second-order valence-corrected chi connectivity index (χ2v) is 9.25. The van der Waals surface area contributed by atoms with Crippen LogP contribution >= 0.6 is 11.8 Å². The number of hydrogen-bond acceptors (Lipinski definition) is 6. The van der Waals surface area contributed by atoms with Gasteiger partial charge in [-0.05, 0) is 72.6 Å². The van der Waals surface area contributed by atoms with E-state index in [-0.39, 0.29) is 22.7 Å². The van der Waals surface area contributed by atoms with Gasteiger partial charge in [0.2, 0.25) is 5.17 Å². The van der Waals surface area contributed by atoms with Crippen LogP contribution in [0.5, 0.6) is 5.75 Å². The molecule has 1 fully saturated rings. The van der Waals surface area contributed by atoms with Crippen molar-refractivity contribution in [1.82, 2.24) is 5.01 Å². The van der Waals surface area contributed by atoms with E-state index in [2.05, 4.69) is 10.1 Å². The van der Waals surface area contributed by atoms with E-state index >= 15 is 0 Å². The number of aliphatic imine (C=N–C) groups is 1. The van der Waals surface area contributed by atoms with E-state index in [9.17, 15) is 14.0 Å². The topological polar surface area (TPSA) is 95.2 Å². The van der Waals surface area contributed by atoms with Crippen LogP contribution in [-0.4, -0.2) is 32.9 Å². The van der Waals surface area contributed by atoms with Crippen LogP contribution in [0.25, 0.3) is 6.08 Å². The highest BCUT2D eigenvalue weighted by Gasteiger charge is 2.37. The molecule has 1 saturated carbocycles. The van der Waals surface area contributed by atoms with Gasteiger partial charge in [0.25, 0.3) is 5.91 Å². The molecule has 2 heterocycles. The zero-order valence-electron chi connectivity index (χ0n) is 18.2. The zero-order chi connectivity index (χ0) is 23.7. The lowest BCUT2D eigenvalue weighted by Crippen LogP contribution is -2.35. The van der Waals surface area contributed by atoms with Crippen molar-refractivity contribution in [1.29, 1.82) is 5.41 Å². The van der Waals surface area contributed by atoms with Crippen LogP contribution in [0.1, 0.15) is 48.0 Å². The molecule has 1 aliphatic carbocycles. The van der Waals surface area contributed by atoms with E-state index in [1.165, 1.54) is 60.3 Å². The maximum atomic E-state index is 13.1. The first-order chi connectivity index (χ1) is 16.5. The Morgan fingerprint density at radius 2 is 1.91 bits per heavy atom. The Morgan fingerprint density at radius 3 is 2.68 bits per heavy atom. The van der Waals surface area contributed by atoms with Gasteiger partial charge in [-0.2, -0.15) is 15.1 Å². The molecule has 0 spiro atoms. The van der Waals surface area contributed by atoms with E-state index in [0.29, 0.717) is 16.6 Å². The largest absolute Gasteiger partial charge is 0.423 e. The standard InChI is InChI=1S/C25H21FN4O3S/c26-18-11-9-17(10-12-18)24(32)33-19-8-4-5-15(13-19)14-20-21(27)30-25(28-22(20)31)34-23(29-30)16-6-2-1-3-7-16/h4-5,8-14,16,27H,1-3,6-7H2. The summed E-state index contributed by atoms with van der Waals surface area (Å²) in [6, 6.07) is 11.7. The predicted octanol–water partition coefficient (Wildman–Crippen LogP) is 5.24. The quantitative estimate of drug-likeness (QED) is 0.370. The van der Waals surface area contributed by atoms with Crippen LogP contribution in [0, 0.1) is 17.1 Å². The molecule has 3 aliphatic rings. The molecule has 2 aromatic rings. The summed E-state index contributed by atoms with van der Waals surface area (Å²) in [6.07, 6.45) is 7.25. The molecule has 0 saturated heterocycles. The fraction of sp³-hybridized carbons (Fsp3) is 0.240. The molecule has 34 heavy (non-hydrogen) atoms. The summed E-state index contributed by atoms with van der Waals surface area (Å²) in [5.41, 5.74) is 0.897. The molecule has 0 atom stereocenters. The number of nitrogens with one attached hydrogen (secondary N) is 1. The number of amidine groups is 2. The Kier molecular flexibility index (Phi) is 6.10. The average Bonchev–Trinajstić information content (AvgIpc) is 3.27. The first-order valence-corrected chi connectivity index (χ1v) is 11.9. The van der Waals surface area contributed by atoms with Gasteiger partial charge in [0.05, 0.1) is 11.1 Å². The molecule has 2 aromatic carbocycles. The third-order valence-corrected chi connectivity index (χ3v) is 6.96. The Hall–Kier alpha value is -3.59. The van der Waals surface area contributed by atoms with Crippen molar-refractivity contribution >= 4 is 45.8 Å². The number of ether oxygens (including phenoxy) is 1. The number of amides is 1. The molecule has 5 rings (SSSR count). The van der Waals surface area contributed by atoms with Crippen LogP contribution < -0.4 is 4.74 Å². The van der Waals surface area contributed by atoms with Gasteiger partial charge in [-0.3, -0.25) is 10.2 Å². The fourth-order valence-corrected chi connectivity index (χ4v) is 5.17. The van der Waals surface area contributed by atoms with Crippen LogP contribution in [0.3, 0.4) is 0 Å². The van der Waals surface area contributed by atoms with Gasteiger partial charge >= 0.3 is 5.97 Å². The lowest BCUT2D eigenvalue weighted by molar-refractivity contribution is -0.114. The summed E-state index contributed by atoms with van der Waals surface area (Å²) in [7, 11) is 0. The van der Waals surface area contributed by atoms with Gasteiger partial charge in [-0.25, -0.2) is 9.18 Å². The van der Waals surface area contributed by atoms with E-state index in [4.69, 9.17) is 10.1 Å². The summed E-state index contributed by atoms with van der Waals surface area (Å²) in [4.78, 5) is 29.2. The number of carbonyl (C=O) groups excluding carboxylic acids is 2. The molecule has 0 unspecified atom stereocenters. The number of thioether (sulfide) groups is 1.